The lowest BCUT2D eigenvalue weighted by Crippen LogP contribution is -2.47. The predicted molar refractivity (Wildman–Crippen MR) is 98.6 cm³/mol. The van der Waals surface area contributed by atoms with Crippen molar-refractivity contribution in [3.05, 3.63) is 52.5 Å². The first-order valence-corrected chi connectivity index (χ1v) is 10.0. The van der Waals surface area contributed by atoms with Crippen LogP contribution in [0.1, 0.15) is 0 Å². The smallest absolute Gasteiger partial charge is 0.247 e. The maximum atomic E-state index is 12.9. The number of sulfonamides is 1. The Morgan fingerprint density at radius 3 is 2.69 bits per heavy atom. The number of benzene rings is 2. The molecule has 0 amide bonds. The Balaban J connectivity index is 1.74. The average Bonchev–Trinajstić information content (AvgIpc) is 2.64. The maximum absolute atomic E-state index is 12.9. The summed E-state index contributed by atoms with van der Waals surface area (Å²) < 4.78 is 38.2. The van der Waals surface area contributed by atoms with Crippen LogP contribution < -0.4 is 4.74 Å². The van der Waals surface area contributed by atoms with Crippen LogP contribution >= 0.6 is 23.2 Å². The molecule has 0 aromatic heterocycles. The van der Waals surface area contributed by atoms with Crippen LogP contribution in [0.25, 0.3) is 0 Å². The molecule has 140 valence electrons. The second kappa shape index (κ2) is 8.02. The number of hydrogen-bond acceptors (Lipinski definition) is 5. The van der Waals surface area contributed by atoms with Crippen molar-refractivity contribution in [3.63, 3.8) is 0 Å². The Labute approximate surface area is 161 Å². The van der Waals surface area contributed by atoms with Crippen LogP contribution in [0.2, 0.25) is 10.0 Å². The molecule has 6 nitrogen and oxygen atoms in total. The Morgan fingerprint density at radius 1 is 1.23 bits per heavy atom. The van der Waals surface area contributed by atoms with Gasteiger partial charge in [-0.05, 0) is 24.3 Å². The third-order valence-electron chi connectivity index (χ3n) is 3.89. The third kappa shape index (κ3) is 4.24. The van der Waals surface area contributed by atoms with Crippen molar-refractivity contribution in [3.8, 4) is 11.5 Å². The van der Waals surface area contributed by atoms with Crippen LogP contribution in [0.5, 0.6) is 11.5 Å². The van der Waals surface area contributed by atoms with Gasteiger partial charge < -0.3 is 14.6 Å². The Bertz CT molecular complexity index is 876. The SMILES string of the molecule is O=S(=O)(c1cc(Cl)cc(Cl)c1O)N1CCOC(COc2ccccc2)C1. The van der Waals surface area contributed by atoms with Gasteiger partial charge in [-0.25, -0.2) is 8.42 Å². The molecule has 3 rings (SSSR count). The van der Waals surface area contributed by atoms with Gasteiger partial charge in [0.05, 0.1) is 11.6 Å². The molecular weight excluding hydrogens is 401 g/mol. The maximum Gasteiger partial charge on any atom is 0.247 e. The van der Waals surface area contributed by atoms with Gasteiger partial charge in [-0.15, -0.1) is 0 Å². The van der Waals surface area contributed by atoms with E-state index >= 15 is 0 Å². The van der Waals surface area contributed by atoms with Crippen molar-refractivity contribution in [2.75, 3.05) is 26.3 Å². The first-order chi connectivity index (χ1) is 12.4. The van der Waals surface area contributed by atoms with Crippen LogP contribution in [0.15, 0.2) is 47.4 Å². The number of phenolic OH excluding ortho intramolecular Hbond substituents is 1. The largest absolute Gasteiger partial charge is 0.505 e. The highest BCUT2D eigenvalue weighted by molar-refractivity contribution is 7.89. The first kappa shape index (κ1) is 19.3. The molecule has 1 aliphatic rings. The van der Waals surface area contributed by atoms with E-state index in [-0.39, 0.29) is 41.2 Å². The molecule has 1 aliphatic heterocycles. The normalized spacial score (nSPS) is 18.6. The van der Waals surface area contributed by atoms with Crippen molar-refractivity contribution in [2.45, 2.75) is 11.0 Å². The van der Waals surface area contributed by atoms with E-state index in [4.69, 9.17) is 32.7 Å². The van der Waals surface area contributed by atoms with Crippen LogP contribution in [-0.2, 0) is 14.8 Å². The summed E-state index contributed by atoms with van der Waals surface area (Å²) in [5, 5.41) is 10.1. The zero-order valence-corrected chi connectivity index (χ0v) is 16.0. The second-order valence-electron chi connectivity index (χ2n) is 5.71. The van der Waals surface area contributed by atoms with Crippen molar-refractivity contribution >= 4 is 33.2 Å². The van der Waals surface area contributed by atoms with Crippen LogP contribution in [0.4, 0.5) is 0 Å². The number of ether oxygens (including phenoxy) is 2. The lowest BCUT2D eigenvalue weighted by atomic mass is 10.3. The van der Waals surface area contributed by atoms with E-state index in [0.717, 1.165) is 0 Å². The van der Waals surface area contributed by atoms with E-state index in [0.29, 0.717) is 5.75 Å². The zero-order valence-electron chi connectivity index (χ0n) is 13.6. The highest BCUT2D eigenvalue weighted by Crippen LogP contribution is 2.36. The molecule has 0 saturated carbocycles. The number of rotatable bonds is 5. The van der Waals surface area contributed by atoms with Gasteiger partial charge in [-0.2, -0.15) is 4.31 Å². The predicted octanol–water partition coefficient (Wildman–Crippen LogP) is 3.17. The lowest BCUT2D eigenvalue weighted by Gasteiger charge is -2.32. The molecule has 9 heteroatoms. The molecule has 1 heterocycles. The van der Waals surface area contributed by atoms with Gasteiger partial charge in [0.15, 0.2) is 5.75 Å². The summed E-state index contributed by atoms with van der Waals surface area (Å²) in [7, 11) is -3.97. The monoisotopic (exact) mass is 417 g/mol. The number of halogens is 2. The molecular formula is C17H17Cl2NO5S. The quantitative estimate of drug-likeness (QED) is 0.808. The summed E-state index contributed by atoms with van der Waals surface area (Å²) >= 11 is 11.7. The number of para-hydroxylation sites is 1. The van der Waals surface area contributed by atoms with E-state index in [1.165, 1.54) is 16.4 Å². The molecule has 26 heavy (non-hydrogen) atoms. The van der Waals surface area contributed by atoms with Crippen LogP contribution in [0, 0.1) is 0 Å². The van der Waals surface area contributed by atoms with Crippen molar-refractivity contribution in [1.82, 2.24) is 4.31 Å². The van der Waals surface area contributed by atoms with Gasteiger partial charge in [-0.3, -0.25) is 0 Å². The Kier molecular flexibility index (Phi) is 5.94. The number of morpholine rings is 1. The number of aromatic hydroxyl groups is 1. The minimum Gasteiger partial charge on any atom is -0.505 e. The van der Waals surface area contributed by atoms with E-state index in [2.05, 4.69) is 0 Å². The van der Waals surface area contributed by atoms with Gasteiger partial charge in [0.1, 0.15) is 23.4 Å². The van der Waals surface area contributed by atoms with Crippen molar-refractivity contribution in [2.24, 2.45) is 0 Å². The molecule has 0 bridgehead atoms. The topological polar surface area (TPSA) is 76.1 Å². The molecule has 1 N–H and O–H groups in total. The molecule has 1 atom stereocenters. The van der Waals surface area contributed by atoms with E-state index in [1.807, 2.05) is 30.3 Å². The molecule has 2 aromatic rings. The average molecular weight is 418 g/mol. The van der Waals surface area contributed by atoms with Crippen LogP contribution in [-0.4, -0.2) is 50.2 Å². The number of nitrogens with zero attached hydrogens (tertiary/aromatic N) is 1. The molecule has 0 spiro atoms. The van der Waals surface area contributed by atoms with Gasteiger partial charge >= 0.3 is 0 Å². The summed E-state index contributed by atoms with van der Waals surface area (Å²) in [5.41, 5.74) is 0. The molecule has 1 fully saturated rings. The molecule has 2 aromatic carbocycles. The number of hydrogen-bond donors (Lipinski definition) is 1. The van der Waals surface area contributed by atoms with Crippen molar-refractivity contribution < 1.29 is 23.0 Å². The first-order valence-electron chi connectivity index (χ1n) is 7.85. The summed E-state index contributed by atoms with van der Waals surface area (Å²) in [4.78, 5) is -0.320. The van der Waals surface area contributed by atoms with E-state index in [9.17, 15) is 13.5 Å². The Morgan fingerprint density at radius 2 is 1.96 bits per heavy atom. The summed E-state index contributed by atoms with van der Waals surface area (Å²) in [6, 6.07) is 11.7. The lowest BCUT2D eigenvalue weighted by molar-refractivity contribution is -0.0249. The minimum absolute atomic E-state index is 0.0960. The van der Waals surface area contributed by atoms with E-state index < -0.39 is 21.9 Å². The van der Waals surface area contributed by atoms with Crippen molar-refractivity contribution in [1.29, 1.82) is 0 Å². The standard InChI is InChI=1S/C17H17Cl2NO5S/c18-12-8-15(19)17(21)16(9-12)26(22,23)20-6-7-24-14(10-20)11-25-13-4-2-1-3-5-13/h1-5,8-9,14,21H,6-7,10-11H2. The molecule has 0 radical (unpaired) electrons. The zero-order chi connectivity index (χ0) is 18.7. The fourth-order valence-corrected chi connectivity index (χ4v) is 4.80. The summed E-state index contributed by atoms with van der Waals surface area (Å²) in [6.07, 6.45) is -0.435. The van der Waals surface area contributed by atoms with Gasteiger partial charge in [0, 0.05) is 18.1 Å². The molecule has 0 aliphatic carbocycles. The summed E-state index contributed by atoms with van der Waals surface area (Å²) in [6.45, 7) is 0.682. The van der Waals surface area contributed by atoms with Gasteiger partial charge in [0.2, 0.25) is 10.0 Å². The van der Waals surface area contributed by atoms with Gasteiger partial charge in [0.25, 0.3) is 0 Å². The Hall–Kier alpha value is -1.51. The summed E-state index contributed by atoms with van der Waals surface area (Å²) in [5.74, 6) is 0.162. The third-order valence-corrected chi connectivity index (χ3v) is 6.28. The fourth-order valence-electron chi connectivity index (χ4n) is 2.60. The van der Waals surface area contributed by atoms with Gasteiger partial charge in [-0.1, -0.05) is 41.4 Å². The number of phenols is 1. The highest BCUT2D eigenvalue weighted by Gasteiger charge is 2.33. The van der Waals surface area contributed by atoms with Crippen LogP contribution in [0.3, 0.4) is 0 Å². The molecule has 1 unspecified atom stereocenters. The molecule has 1 saturated heterocycles. The minimum atomic E-state index is -3.97. The highest BCUT2D eigenvalue weighted by atomic mass is 35.5. The second-order valence-corrected chi connectivity index (χ2v) is 8.46. The fraction of sp³-hybridized carbons (Fsp3) is 0.294. The van der Waals surface area contributed by atoms with E-state index in [1.54, 1.807) is 0 Å².